The van der Waals surface area contributed by atoms with Crippen LogP contribution in [-0.2, 0) is 9.59 Å². The van der Waals surface area contributed by atoms with E-state index in [0.29, 0.717) is 12.3 Å². The molecule has 22 heavy (non-hydrogen) atoms. The Balaban J connectivity index is 0.00000242. The number of hydrogen-bond acceptors (Lipinski definition) is 3. The highest BCUT2D eigenvalue weighted by Gasteiger charge is 2.15. The van der Waals surface area contributed by atoms with Crippen molar-refractivity contribution in [3.05, 3.63) is 24.3 Å². The van der Waals surface area contributed by atoms with Crippen LogP contribution < -0.4 is 15.5 Å². The fourth-order valence-electron chi connectivity index (χ4n) is 2.49. The molecule has 6 heteroatoms. The molecule has 1 aromatic carbocycles. The van der Waals surface area contributed by atoms with Crippen molar-refractivity contribution in [2.75, 3.05) is 30.4 Å². The smallest absolute Gasteiger partial charge is 0.224 e. The number of hydrogen-bond donors (Lipinski definition) is 2. The minimum atomic E-state index is -0.0350. The Hall–Kier alpha value is -1.59. The van der Waals surface area contributed by atoms with Gasteiger partial charge in [-0.15, -0.1) is 12.4 Å². The molecule has 1 aliphatic heterocycles. The lowest BCUT2D eigenvalue weighted by Gasteiger charge is -2.16. The molecular weight excluding hydrogens is 302 g/mol. The van der Waals surface area contributed by atoms with Crippen molar-refractivity contribution in [2.24, 2.45) is 5.92 Å². The van der Waals surface area contributed by atoms with Gasteiger partial charge < -0.3 is 15.5 Å². The predicted octanol–water partition coefficient (Wildman–Crippen LogP) is 2.42. The number of nitrogens with one attached hydrogen (secondary N) is 2. The third-order valence-electron chi connectivity index (χ3n) is 3.93. The highest BCUT2D eigenvalue weighted by atomic mass is 35.5. The van der Waals surface area contributed by atoms with E-state index in [1.54, 1.807) is 11.9 Å². The van der Waals surface area contributed by atoms with E-state index in [1.165, 1.54) is 6.92 Å². The van der Waals surface area contributed by atoms with Crippen molar-refractivity contribution in [1.29, 1.82) is 0 Å². The van der Waals surface area contributed by atoms with Crippen LogP contribution in [0.15, 0.2) is 24.3 Å². The number of benzene rings is 1. The molecule has 1 aromatic rings. The average Bonchev–Trinajstić information content (AvgIpc) is 2.98. The second kappa shape index (κ2) is 8.76. The maximum Gasteiger partial charge on any atom is 0.224 e. The summed E-state index contributed by atoms with van der Waals surface area (Å²) in [6.07, 6.45) is 2.62. The van der Waals surface area contributed by atoms with Gasteiger partial charge in [-0.3, -0.25) is 9.59 Å². The van der Waals surface area contributed by atoms with E-state index in [-0.39, 0.29) is 24.2 Å². The van der Waals surface area contributed by atoms with Crippen LogP contribution in [0, 0.1) is 5.92 Å². The number of rotatable bonds is 5. The number of carbonyl (C=O) groups excluding carboxylic acids is 2. The second-order valence-corrected chi connectivity index (χ2v) is 5.57. The Kier molecular flexibility index (Phi) is 7.35. The zero-order chi connectivity index (χ0) is 15.2. The molecule has 1 aliphatic rings. The number of amides is 2. The molecule has 0 aliphatic carbocycles. The van der Waals surface area contributed by atoms with Crippen molar-refractivity contribution < 1.29 is 9.59 Å². The summed E-state index contributed by atoms with van der Waals surface area (Å²) >= 11 is 0. The van der Waals surface area contributed by atoms with Gasteiger partial charge in [-0.2, -0.15) is 0 Å². The summed E-state index contributed by atoms with van der Waals surface area (Å²) in [5.41, 5.74) is 1.51. The van der Waals surface area contributed by atoms with Gasteiger partial charge in [0, 0.05) is 31.8 Å². The molecular formula is C16H24ClN3O2. The molecule has 1 saturated heterocycles. The number of anilines is 2. The summed E-state index contributed by atoms with van der Waals surface area (Å²) < 4.78 is 0. The summed E-state index contributed by atoms with van der Waals surface area (Å²) in [6, 6.07) is 7.34. The lowest BCUT2D eigenvalue weighted by molar-refractivity contribution is -0.117. The van der Waals surface area contributed by atoms with Crippen LogP contribution in [0.4, 0.5) is 11.4 Å². The quantitative estimate of drug-likeness (QED) is 0.874. The minimum Gasteiger partial charge on any atom is -0.326 e. The van der Waals surface area contributed by atoms with E-state index in [0.717, 1.165) is 37.3 Å². The van der Waals surface area contributed by atoms with Crippen LogP contribution in [-0.4, -0.2) is 32.0 Å². The molecule has 5 nitrogen and oxygen atoms in total. The fraction of sp³-hybridized carbons (Fsp3) is 0.500. The standard InChI is InChI=1S/C16H23N3O2.ClH/c1-12(20)19(2)15-5-3-4-14(10-15)18-16(21)7-6-13-8-9-17-11-13;/h3-5,10,13,17H,6-9,11H2,1-2H3,(H,18,21);1H. The van der Waals surface area contributed by atoms with Gasteiger partial charge in [-0.1, -0.05) is 6.07 Å². The minimum absolute atomic E-state index is 0. The summed E-state index contributed by atoms with van der Waals surface area (Å²) in [6.45, 7) is 3.60. The Morgan fingerprint density at radius 3 is 2.82 bits per heavy atom. The highest BCUT2D eigenvalue weighted by molar-refractivity contribution is 5.94. The summed E-state index contributed by atoms with van der Waals surface area (Å²) in [5, 5.41) is 6.21. The van der Waals surface area contributed by atoms with Gasteiger partial charge in [0.15, 0.2) is 0 Å². The zero-order valence-corrected chi connectivity index (χ0v) is 13.9. The van der Waals surface area contributed by atoms with Crippen molar-refractivity contribution in [1.82, 2.24) is 5.32 Å². The molecule has 0 bridgehead atoms. The average molecular weight is 326 g/mol. The number of halogens is 1. The molecule has 1 fully saturated rings. The first-order valence-corrected chi connectivity index (χ1v) is 7.41. The predicted molar refractivity (Wildman–Crippen MR) is 91.6 cm³/mol. The molecule has 2 N–H and O–H groups in total. The third kappa shape index (κ3) is 5.31. The number of carbonyl (C=O) groups is 2. The van der Waals surface area contributed by atoms with Gasteiger partial charge in [0.2, 0.25) is 11.8 Å². The second-order valence-electron chi connectivity index (χ2n) is 5.57. The van der Waals surface area contributed by atoms with Gasteiger partial charge >= 0.3 is 0 Å². The largest absolute Gasteiger partial charge is 0.326 e. The van der Waals surface area contributed by atoms with E-state index in [1.807, 2.05) is 24.3 Å². The molecule has 0 radical (unpaired) electrons. The maximum absolute atomic E-state index is 12.0. The van der Waals surface area contributed by atoms with Crippen molar-refractivity contribution in [3.63, 3.8) is 0 Å². The van der Waals surface area contributed by atoms with Crippen LogP contribution in [0.2, 0.25) is 0 Å². The molecule has 0 spiro atoms. The zero-order valence-electron chi connectivity index (χ0n) is 13.1. The van der Waals surface area contributed by atoms with Gasteiger partial charge in [0.05, 0.1) is 0 Å². The van der Waals surface area contributed by atoms with Crippen LogP contribution >= 0.6 is 12.4 Å². The highest BCUT2D eigenvalue weighted by Crippen LogP contribution is 2.20. The van der Waals surface area contributed by atoms with Gasteiger partial charge in [-0.25, -0.2) is 0 Å². The molecule has 1 unspecified atom stereocenters. The van der Waals surface area contributed by atoms with Crippen LogP contribution in [0.1, 0.15) is 26.2 Å². The molecule has 2 rings (SSSR count). The summed E-state index contributed by atoms with van der Waals surface area (Å²) in [5.74, 6) is 0.614. The molecule has 122 valence electrons. The molecule has 0 saturated carbocycles. The van der Waals surface area contributed by atoms with Gasteiger partial charge in [-0.05, 0) is 50.0 Å². The van der Waals surface area contributed by atoms with E-state index in [2.05, 4.69) is 10.6 Å². The van der Waals surface area contributed by atoms with E-state index in [4.69, 9.17) is 0 Å². The summed E-state index contributed by atoms with van der Waals surface area (Å²) in [7, 11) is 1.72. The molecule has 1 heterocycles. The fourth-order valence-corrected chi connectivity index (χ4v) is 2.49. The lowest BCUT2D eigenvalue weighted by atomic mass is 10.0. The third-order valence-corrected chi connectivity index (χ3v) is 3.93. The van der Waals surface area contributed by atoms with E-state index in [9.17, 15) is 9.59 Å². The summed E-state index contributed by atoms with van der Waals surface area (Å²) in [4.78, 5) is 24.9. The molecule has 0 aromatic heterocycles. The van der Waals surface area contributed by atoms with Crippen LogP contribution in [0.25, 0.3) is 0 Å². The normalized spacial score (nSPS) is 16.7. The first kappa shape index (κ1) is 18.5. The van der Waals surface area contributed by atoms with Gasteiger partial charge in [0.1, 0.15) is 0 Å². The maximum atomic E-state index is 12.0. The van der Waals surface area contributed by atoms with Crippen molar-refractivity contribution in [3.8, 4) is 0 Å². The van der Waals surface area contributed by atoms with E-state index < -0.39 is 0 Å². The van der Waals surface area contributed by atoms with Crippen LogP contribution in [0.3, 0.4) is 0 Å². The van der Waals surface area contributed by atoms with Gasteiger partial charge in [0.25, 0.3) is 0 Å². The monoisotopic (exact) mass is 325 g/mol. The van der Waals surface area contributed by atoms with Crippen molar-refractivity contribution in [2.45, 2.75) is 26.2 Å². The lowest BCUT2D eigenvalue weighted by Crippen LogP contribution is -2.23. The Labute approximate surface area is 137 Å². The Morgan fingerprint density at radius 1 is 1.41 bits per heavy atom. The topological polar surface area (TPSA) is 61.4 Å². The van der Waals surface area contributed by atoms with Crippen LogP contribution in [0.5, 0.6) is 0 Å². The molecule has 2 amide bonds. The first-order valence-electron chi connectivity index (χ1n) is 7.41. The Bertz CT molecular complexity index is 516. The first-order chi connectivity index (χ1) is 10.1. The number of nitrogens with zero attached hydrogens (tertiary/aromatic N) is 1. The van der Waals surface area contributed by atoms with Crippen molar-refractivity contribution >= 4 is 35.6 Å². The Morgan fingerprint density at radius 2 is 2.18 bits per heavy atom. The SMILES string of the molecule is CC(=O)N(C)c1cccc(NC(=O)CCC2CCNC2)c1.Cl. The molecule has 1 atom stereocenters. The van der Waals surface area contributed by atoms with E-state index >= 15 is 0 Å².